The molecule has 0 aromatic heterocycles. The van der Waals surface area contributed by atoms with Gasteiger partial charge in [0.25, 0.3) is 0 Å². The minimum atomic E-state index is -0.401. The van der Waals surface area contributed by atoms with Crippen molar-refractivity contribution in [3.8, 4) is 6.07 Å². The second kappa shape index (κ2) is 5.47. The molecule has 4 nitrogen and oxygen atoms in total. The van der Waals surface area contributed by atoms with Crippen molar-refractivity contribution in [2.75, 3.05) is 0 Å². The second-order valence-corrected chi connectivity index (χ2v) is 5.08. The Bertz CT molecular complexity index is 874. The number of hydrogen-bond donors (Lipinski definition) is 1. The number of fused-ring (bicyclic) bond motifs is 1. The van der Waals surface area contributed by atoms with Gasteiger partial charge in [-0.25, -0.2) is 4.99 Å². The van der Waals surface area contributed by atoms with Gasteiger partial charge in [0.15, 0.2) is 11.5 Å². The van der Waals surface area contributed by atoms with Gasteiger partial charge in [-0.05, 0) is 24.3 Å². The van der Waals surface area contributed by atoms with Crippen LogP contribution in [-0.4, -0.2) is 16.6 Å². The van der Waals surface area contributed by atoms with Crippen LogP contribution in [-0.2, 0) is 0 Å². The van der Waals surface area contributed by atoms with E-state index in [2.05, 4.69) is 4.99 Å². The van der Waals surface area contributed by atoms with Gasteiger partial charge in [0.1, 0.15) is 17.4 Å². The molecular weight excluding hydrogens is 300 g/mol. The van der Waals surface area contributed by atoms with Gasteiger partial charge in [-0.2, -0.15) is 5.26 Å². The summed E-state index contributed by atoms with van der Waals surface area (Å²) >= 11 is 5.80. The van der Waals surface area contributed by atoms with Crippen molar-refractivity contribution in [3.05, 3.63) is 70.3 Å². The number of nitriles is 1. The highest BCUT2D eigenvalue weighted by atomic mass is 35.5. The molecule has 0 amide bonds. The van der Waals surface area contributed by atoms with Crippen molar-refractivity contribution in [2.24, 2.45) is 4.99 Å². The summed E-state index contributed by atoms with van der Waals surface area (Å²) in [5.74, 6) is -0.614. The fourth-order valence-corrected chi connectivity index (χ4v) is 2.39. The first-order chi connectivity index (χ1) is 10.6. The van der Waals surface area contributed by atoms with E-state index >= 15 is 0 Å². The summed E-state index contributed by atoms with van der Waals surface area (Å²) in [5, 5.41) is 20.1. The van der Waals surface area contributed by atoms with Gasteiger partial charge >= 0.3 is 0 Å². The van der Waals surface area contributed by atoms with Crippen LogP contribution in [0.15, 0.2) is 59.1 Å². The average molecular weight is 309 g/mol. The van der Waals surface area contributed by atoms with Gasteiger partial charge in [0.2, 0.25) is 0 Å². The smallest absolute Gasteiger partial charge is 0.200 e. The molecule has 0 aliphatic heterocycles. The number of halogens is 1. The summed E-state index contributed by atoms with van der Waals surface area (Å²) in [6.45, 7) is 0. The van der Waals surface area contributed by atoms with Crippen LogP contribution in [0.2, 0.25) is 5.02 Å². The average Bonchev–Trinajstić information content (AvgIpc) is 2.79. The molecule has 2 aromatic carbocycles. The maximum atomic E-state index is 12.4. The Hall–Kier alpha value is -2.90. The highest BCUT2D eigenvalue weighted by Crippen LogP contribution is 2.32. The number of benzene rings is 2. The molecule has 0 unspecified atom stereocenters. The second-order valence-electron chi connectivity index (χ2n) is 4.65. The molecule has 1 N–H and O–H groups in total. The molecular formula is C17H9ClN2O2. The van der Waals surface area contributed by atoms with E-state index in [-0.39, 0.29) is 17.0 Å². The zero-order valence-corrected chi connectivity index (χ0v) is 12.0. The highest BCUT2D eigenvalue weighted by molar-refractivity contribution is 6.39. The summed E-state index contributed by atoms with van der Waals surface area (Å²) in [5.41, 5.74) is 1.07. The molecule has 3 rings (SSSR count). The third kappa shape index (κ3) is 2.28. The fourth-order valence-electron chi connectivity index (χ4n) is 2.27. The van der Waals surface area contributed by atoms with Gasteiger partial charge in [0, 0.05) is 16.1 Å². The van der Waals surface area contributed by atoms with E-state index in [1.165, 1.54) is 0 Å². The number of Topliss-reactive ketones (excluding diaryl/α,β-unsaturated/α-hetero) is 1. The maximum absolute atomic E-state index is 12.4. The molecule has 0 spiro atoms. The van der Waals surface area contributed by atoms with Gasteiger partial charge in [-0.1, -0.05) is 35.9 Å². The number of nitrogens with zero attached hydrogens (tertiary/aromatic N) is 2. The van der Waals surface area contributed by atoms with Gasteiger partial charge in [-0.15, -0.1) is 0 Å². The topological polar surface area (TPSA) is 73.4 Å². The molecule has 0 radical (unpaired) electrons. The van der Waals surface area contributed by atoms with Gasteiger partial charge in [-0.3, -0.25) is 4.79 Å². The van der Waals surface area contributed by atoms with Crippen LogP contribution in [0.3, 0.4) is 0 Å². The minimum absolute atomic E-state index is 0.0707. The molecule has 1 aliphatic carbocycles. The molecule has 0 bridgehead atoms. The number of aliphatic imine (C=N–C) groups is 1. The van der Waals surface area contributed by atoms with Crippen molar-refractivity contribution >= 4 is 34.5 Å². The lowest BCUT2D eigenvalue weighted by Crippen LogP contribution is -2.08. The summed E-state index contributed by atoms with van der Waals surface area (Å²) < 4.78 is 0. The van der Waals surface area contributed by atoms with E-state index in [1.807, 2.05) is 6.07 Å². The molecule has 22 heavy (non-hydrogen) atoms. The number of aliphatic hydroxyl groups excluding tert-OH is 1. The van der Waals surface area contributed by atoms with Crippen molar-refractivity contribution in [1.29, 1.82) is 5.26 Å². The molecule has 0 heterocycles. The Morgan fingerprint density at radius 1 is 1.09 bits per heavy atom. The Morgan fingerprint density at radius 3 is 2.32 bits per heavy atom. The van der Waals surface area contributed by atoms with Crippen LogP contribution in [0.4, 0.5) is 5.69 Å². The molecule has 0 atom stereocenters. The Labute approximate surface area is 131 Å². The van der Waals surface area contributed by atoms with Crippen LogP contribution in [0.1, 0.15) is 15.9 Å². The lowest BCUT2D eigenvalue weighted by atomic mass is 10.1. The molecule has 5 heteroatoms. The van der Waals surface area contributed by atoms with Crippen LogP contribution in [0, 0.1) is 11.3 Å². The van der Waals surface area contributed by atoms with Crippen LogP contribution >= 0.6 is 11.6 Å². The predicted octanol–water partition coefficient (Wildman–Crippen LogP) is 4.10. The van der Waals surface area contributed by atoms with E-state index < -0.39 is 5.78 Å². The lowest BCUT2D eigenvalue weighted by Gasteiger charge is -2.00. The summed E-state index contributed by atoms with van der Waals surface area (Å²) in [6, 6.07) is 15.1. The van der Waals surface area contributed by atoms with Crippen molar-refractivity contribution in [1.82, 2.24) is 0 Å². The van der Waals surface area contributed by atoms with Gasteiger partial charge < -0.3 is 5.11 Å². The highest BCUT2D eigenvalue weighted by Gasteiger charge is 2.32. The standard InChI is InChI=1S/C17H9ClN2O2/c18-10-5-7-11(8-6-10)20-14(9-19)15-16(21)12-3-1-2-4-13(12)17(15)22/h1-8,21H. The van der Waals surface area contributed by atoms with Crippen molar-refractivity contribution in [3.63, 3.8) is 0 Å². The minimum Gasteiger partial charge on any atom is -0.506 e. The number of aliphatic hydroxyl groups is 1. The third-order valence-corrected chi connectivity index (χ3v) is 3.55. The normalized spacial score (nSPS) is 14.0. The molecule has 106 valence electrons. The lowest BCUT2D eigenvalue weighted by molar-refractivity contribution is 0.104. The third-order valence-electron chi connectivity index (χ3n) is 3.30. The van der Waals surface area contributed by atoms with E-state index in [9.17, 15) is 15.2 Å². The van der Waals surface area contributed by atoms with Crippen LogP contribution in [0.25, 0.3) is 5.76 Å². The Balaban J connectivity index is 2.10. The number of allylic oxidation sites excluding steroid dienone is 1. The number of rotatable bonds is 2. The molecule has 0 fully saturated rings. The molecule has 0 saturated carbocycles. The van der Waals surface area contributed by atoms with E-state index in [4.69, 9.17) is 11.6 Å². The number of hydrogen-bond acceptors (Lipinski definition) is 4. The zero-order valence-electron chi connectivity index (χ0n) is 11.2. The quantitative estimate of drug-likeness (QED) is 0.849. The maximum Gasteiger partial charge on any atom is 0.200 e. The van der Waals surface area contributed by atoms with Gasteiger partial charge in [0.05, 0.1) is 5.69 Å². The van der Waals surface area contributed by atoms with E-state index in [0.29, 0.717) is 21.8 Å². The first-order valence-electron chi connectivity index (χ1n) is 6.44. The predicted molar refractivity (Wildman–Crippen MR) is 84.5 cm³/mol. The first-order valence-corrected chi connectivity index (χ1v) is 6.81. The number of ketones is 1. The number of carbonyl (C=O) groups excluding carboxylic acids is 1. The Morgan fingerprint density at radius 2 is 1.73 bits per heavy atom. The van der Waals surface area contributed by atoms with Crippen molar-refractivity contribution < 1.29 is 9.90 Å². The number of carbonyl (C=O) groups is 1. The summed E-state index contributed by atoms with van der Waals surface area (Å²) in [7, 11) is 0. The zero-order chi connectivity index (χ0) is 15.7. The summed E-state index contributed by atoms with van der Waals surface area (Å²) in [6.07, 6.45) is 0. The van der Waals surface area contributed by atoms with Crippen LogP contribution in [0.5, 0.6) is 0 Å². The monoisotopic (exact) mass is 308 g/mol. The Kier molecular flexibility index (Phi) is 3.50. The largest absolute Gasteiger partial charge is 0.506 e. The van der Waals surface area contributed by atoms with E-state index in [1.54, 1.807) is 48.5 Å². The molecule has 1 aliphatic rings. The molecule has 2 aromatic rings. The van der Waals surface area contributed by atoms with Crippen molar-refractivity contribution in [2.45, 2.75) is 0 Å². The fraction of sp³-hybridized carbons (Fsp3) is 0. The summed E-state index contributed by atoms with van der Waals surface area (Å²) in [4.78, 5) is 16.5. The van der Waals surface area contributed by atoms with Crippen LogP contribution < -0.4 is 0 Å². The first kappa shape index (κ1) is 14.1. The molecule has 0 saturated heterocycles. The van der Waals surface area contributed by atoms with E-state index in [0.717, 1.165) is 0 Å². The SMILES string of the molecule is N#CC(=Nc1ccc(Cl)cc1)C1=C(O)c2ccccc2C1=O.